The molecule has 1 saturated heterocycles. The predicted molar refractivity (Wildman–Crippen MR) is 119 cm³/mol. The number of pyridine rings is 1. The van der Waals surface area contributed by atoms with Gasteiger partial charge in [-0.05, 0) is 57.0 Å². The molecule has 3 heterocycles. The first-order chi connectivity index (χ1) is 15.3. The molecular weight excluding hydrogens is 413 g/mol. The molecule has 4 rings (SSSR count). The third-order valence-corrected chi connectivity index (χ3v) is 5.91. The molecule has 170 valence electrons. The van der Waals surface area contributed by atoms with Crippen LogP contribution in [0.3, 0.4) is 0 Å². The van der Waals surface area contributed by atoms with Crippen LogP contribution in [0.2, 0.25) is 0 Å². The predicted octanol–water partition coefficient (Wildman–Crippen LogP) is 2.90. The van der Waals surface area contributed by atoms with Crippen molar-refractivity contribution < 1.29 is 19.0 Å². The third-order valence-electron chi connectivity index (χ3n) is 5.91. The Bertz CT molecular complexity index is 1150. The minimum Gasteiger partial charge on any atom is -0.508 e. The molecule has 0 bridgehead atoms. The van der Waals surface area contributed by atoms with Crippen LogP contribution < -0.4 is 5.32 Å². The number of hydrogen-bond acceptors (Lipinski definition) is 6. The monoisotopic (exact) mass is 441 g/mol. The molecule has 1 fully saturated rings. The normalized spacial score (nSPS) is 19.4. The van der Waals surface area contributed by atoms with Crippen molar-refractivity contribution in [1.82, 2.24) is 25.4 Å². The molecule has 2 aromatic heterocycles. The van der Waals surface area contributed by atoms with Crippen molar-refractivity contribution in [2.75, 3.05) is 26.8 Å². The Balaban J connectivity index is 1.65. The van der Waals surface area contributed by atoms with Gasteiger partial charge in [0.25, 0.3) is 0 Å². The number of hydrogen-bond donors (Lipinski definition) is 3. The van der Waals surface area contributed by atoms with Crippen LogP contribution in [0.25, 0.3) is 22.3 Å². The summed E-state index contributed by atoms with van der Waals surface area (Å²) in [7, 11) is 1.51. The van der Waals surface area contributed by atoms with Crippen molar-refractivity contribution in [3.8, 4) is 17.0 Å². The number of aromatic nitrogens is 3. The number of aryl methyl sites for hydroxylation is 1. The second-order valence-corrected chi connectivity index (χ2v) is 8.72. The number of halogens is 1. The highest BCUT2D eigenvalue weighted by Crippen LogP contribution is 2.31. The van der Waals surface area contributed by atoms with Gasteiger partial charge in [0.05, 0.1) is 16.9 Å². The van der Waals surface area contributed by atoms with E-state index in [9.17, 15) is 14.3 Å². The number of piperidine rings is 1. The molecule has 0 spiro atoms. The van der Waals surface area contributed by atoms with Crippen LogP contribution in [-0.4, -0.2) is 63.4 Å². The molecule has 32 heavy (non-hydrogen) atoms. The summed E-state index contributed by atoms with van der Waals surface area (Å²) in [5.41, 5.74) is 2.84. The van der Waals surface area contributed by atoms with Crippen LogP contribution in [0, 0.1) is 12.7 Å². The average Bonchev–Trinajstić information content (AvgIpc) is 3.09. The maximum absolute atomic E-state index is 14.5. The molecule has 3 aromatic rings. The summed E-state index contributed by atoms with van der Waals surface area (Å²) >= 11 is 0. The second-order valence-electron chi connectivity index (χ2n) is 8.72. The first-order valence-corrected chi connectivity index (χ1v) is 10.6. The third kappa shape index (κ3) is 4.58. The number of fused-ring (bicyclic) bond motifs is 1. The van der Waals surface area contributed by atoms with E-state index in [0.29, 0.717) is 30.0 Å². The van der Waals surface area contributed by atoms with Gasteiger partial charge in [-0.3, -0.25) is 14.8 Å². The Labute approximate surface area is 185 Å². The number of nitrogens with zero attached hydrogens (tertiary/aromatic N) is 3. The number of phenols is 1. The number of rotatable bonds is 6. The summed E-state index contributed by atoms with van der Waals surface area (Å²) in [6, 6.07) is 5.93. The average molecular weight is 442 g/mol. The summed E-state index contributed by atoms with van der Waals surface area (Å²) in [5.74, 6) is -0.794. The van der Waals surface area contributed by atoms with Gasteiger partial charge in [-0.2, -0.15) is 5.10 Å². The number of amides is 1. The van der Waals surface area contributed by atoms with E-state index in [2.05, 4.69) is 32.3 Å². The second kappa shape index (κ2) is 8.84. The maximum atomic E-state index is 14.5. The molecule has 3 N–H and O–H groups in total. The summed E-state index contributed by atoms with van der Waals surface area (Å²) in [6.45, 7) is 6.19. The number of phenolic OH excluding ortho intramolecular Hbond substituents is 1. The highest BCUT2D eigenvalue weighted by molar-refractivity contribution is 5.84. The minimum absolute atomic E-state index is 0.0380. The Kier molecular flexibility index (Phi) is 6.12. The Morgan fingerprint density at radius 1 is 1.41 bits per heavy atom. The van der Waals surface area contributed by atoms with E-state index in [1.165, 1.54) is 19.2 Å². The first-order valence-electron chi connectivity index (χ1n) is 10.6. The quantitative estimate of drug-likeness (QED) is 0.544. The van der Waals surface area contributed by atoms with Crippen LogP contribution in [0.4, 0.5) is 4.39 Å². The molecule has 1 unspecified atom stereocenters. The molecule has 1 atom stereocenters. The molecule has 1 aliphatic heterocycles. The van der Waals surface area contributed by atoms with Gasteiger partial charge >= 0.3 is 0 Å². The Morgan fingerprint density at radius 3 is 2.97 bits per heavy atom. The van der Waals surface area contributed by atoms with Gasteiger partial charge in [-0.25, -0.2) is 9.37 Å². The molecule has 8 nitrogen and oxygen atoms in total. The molecule has 1 amide bonds. The summed E-state index contributed by atoms with van der Waals surface area (Å²) in [4.78, 5) is 19.0. The van der Waals surface area contributed by atoms with Crippen molar-refractivity contribution in [3.63, 3.8) is 0 Å². The number of aromatic hydroxyl groups is 1. The smallest absolute Gasteiger partial charge is 0.246 e. The van der Waals surface area contributed by atoms with Gasteiger partial charge in [-0.15, -0.1) is 0 Å². The van der Waals surface area contributed by atoms with Crippen molar-refractivity contribution in [1.29, 1.82) is 0 Å². The number of nitrogens with one attached hydrogen (secondary N) is 2. The van der Waals surface area contributed by atoms with Gasteiger partial charge < -0.3 is 15.2 Å². The van der Waals surface area contributed by atoms with E-state index in [1.54, 1.807) is 0 Å². The van der Waals surface area contributed by atoms with E-state index in [4.69, 9.17) is 4.74 Å². The lowest BCUT2D eigenvalue weighted by Gasteiger charge is -2.41. The highest BCUT2D eigenvalue weighted by Gasteiger charge is 2.32. The lowest BCUT2D eigenvalue weighted by atomic mass is 9.90. The number of likely N-dealkylation sites (tertiary alicyclic amines) is 1. The van der Waals surface area contributed by atoms with Gasteiger partial charge in [-0.1, -0.05) is 0 Å². The van der Waals surface area contributed by atoms with Gasteiger partial charge in [0.1, 0.15) is 18.2 Å². The fraction of sp³-hybridized carbons (Fsp3) is 0.435. The number of aromatic amines is 1. The fourth-order valence-electron chi connectivity index (χ4n) is 4.58. The summed E-state index contributed by atoms with van der Waals surface area (Å²) in [6.07, 6.45) is 1.83. The van der Waals surface area contributed by atoms with Gasteiger partial charge in [0, 0.05) is 37.2 Å². The van der Waals surface area contributed by atoms with Gasteiger partial charge in [0.15, 0.2) is 5.65 Å². The molecule has 1 aliphatic rings. The van der Waals surface area contributed by atoms with E-state index < -0.39 is 5.82 Å². The molecular formula is C23H28FN5O3. The van der Waals surface area contributed by atoms with E-state index in [1.807, 2.05) is 13.0 Å². The van der Waals surface area contributed by atoms with E-state index >= 15 is 0 Å². The van der Waals surface area contributed by atoms with Crippen molar-refractivity contribution in [2.24, 2.45) is 0 Å². The molecule has 0 saturated carbocycles. The van der Waals surface area contributed by atoms with Crippen molar-refractivity contribution >= 4 is 16.9 Å². The lowest BCUT2D eigenvalue weighted by molar-refractivity contribution is -0.127. The Morgan fingerprint density at radius 2 is 2.22 bits per heavy atom. The summed E-state index contributed by atoms with van der Waals surface area (Å²) in [5, 5.41) is 20.8. The largest absolute Gasteiger partial charge is 0.508 e. The number of benzene rings is 1. The van der Waals surface area contributed by atoms with Crippen LogP contribution in [0.1, 0.15) is 31.0 Å². The standard InChI is InChI=1S/C23H28FN5O3/c1-14-21-15(11-29-8-4-7-23(2,13-29)26-20(31)12-32-3)9-19(25-22(21)28-27-14)17-6-5-16(30)10-18(17)24/h5-6,9-10,30H,4,7-8,11-13H2,1-3H3,(H,26,31)(H,25,27,28). The topological polar surface area (TPSA) is 103 Å². The number of carbonyl (C=O) groups excluding carboxylic acids is 1. The van der Waals surface area contributed by atoms with Crippen molar-refractivity contribution in [2.45, 2.75) is 38.8 Å². The highest BCUT2D eigenvalue weighted by atomic mass is 19.1. The first kappa shape index (κ1) is 22.2. The molecule has 1 aromatic carbocycles. The number of H-pyrrole nitrogens is 1. The SMILES string of the molecule is COCC(=O)NC1(C)CCCN(Cc2cc(-c3ccc(O)cc3F)nc3[nH]nc(C)c23)C1. The number of methoxy groups -OCH3 is 1. The van der Waals surface area contributed by atoms with Crippen LogP contribution in [0.5, 0.6) is 5.75 Å². The lowest BCUT2D eigenvalue weighted by Crippen LogP contribution is -2.57. The number of carbonyl (C=O) groups is 1. The maximum Gasteiger partial charge on any atom is 0.246 e. The Hall–Kier alpha value is -3.04. The van der Waals surface area contributed by atoms with E-state index in [-0.39, 0.29) is 23.8 Å². The number of ether oxygens (including phenoxy) is 1. The summed E-state index contributed by atoms with van der Waals surface area (Å²) < 4.78 is 19.5. The zero-order valence-corrected chi connectivity index (χ0v) is 18.5. The van der Waals surface area contributed by atoms with Crippen LogP contribution >= 0.6 is 0 Å². The molecule has 9 heteroatoms. The van der Waals surface area contributed by atoms with Gasteiger partial charge in [0.2, 0.25) is 5.91 Å². The minimum atomic E-state index is -0.537. The van der Waals surface area contributed by atoms with Crippen molar-refractivity contribution in [3.05, 3.63) is 41.3 Å². The van der Waals surface area contributed by atoms with Crippen LogP contribution in [-0.2, 0) is 16.1 Å². The zero-order chi connectivity index (χ0) is 22.9. The van der Waals surface area contributed by atoms with Crippen LogP contribution in [0.15, 0.2) is 24.3 Å². The zero-order valence-electron chi connectivity index (χ0n) is 18.5. The van der Waals surface area contributed by atoms with E-state index in [0.717, 1.165) is 42.1 Å². The molecule has 0 aliphatic carbocycles. The fourth-order valence-corrected chi connectivity index (χ4v) is 4.58. The molecule has 0 radical (unpaired) electrons.